The lowest BCUT2D eigenvalue weighted by molar-refractivity contribution is -0.757. The van der Waals surface area contributed by atoms with Crippen LogP contribution in [0.2, 0.25) is 0 Å². The molecule has 4 N–H and O–H groups in total. The van der Waals surface area contributed by atoms with Crippen molar-refractivity contribution in [3.05, 3.63) is 32.9 Å². The molecule has 1 unspecified atom stereocenters. The number of carbonyl (C=O) groups is 1. The van der Waals surface area contributed by atoms with E-state index in [1.54, 1.807) is 13.0 Å². The second kappa shape index (κ2) is 12.8. The summed E-state index contributed by atoms with van der Waals surface area (Å²) in [5.74, 6) is 0.752. The van der Waals surface area contributed by atoms with Crippen LogP contribution < -0.4 is 15.4 Å². The molecule has 0 aliphatic rings. The topological polar surface area (TPSA) is 143 Å². The smallest absolute Gasteiger partial charge is 0.294 e. The third kappa shape index (κ3) is 9.44. The van der Waals surface area contributed by atoms with Gasteiger partial charge in [0.05, 0.1) is 6.61 Å². The SMILES string of the molecule is Cc1cc(OCC(O)CNCCNC(=O)CCCCO[N+](=O)[O-])c(C)c(C)c1O. The normalized spacial score (nSPS) is 11.7. The molecule has 0 fully saturated rings. The maximum Gasteiger partial charge on any atom is 0.294 e. The first-order valence-corrected chi connectivity index (χ1v) is 9.57. The molecule has 0 radical (unpaired) electrons. The summed E-state index contributed by atoms with van der Waals surface area (Å²) >= 11 is 0. The Morgan fingerprint density at radius 3 is 2.66 bits per heavy atom. The van der Waals surface area contributed by atoms with Gasteiger partial charge >= 0.3 is 0 Å². The van der Waals surface area contributed by atoms with Gasteiger partial charge < -0.3 is 30.4 Å². The Bertz CT molecular complexity index is 682. The van der Waals surface area contributed by atoms with Crippen molar-refractivity contribution in [2.75, 3.05) is 32.8 Å². The predicted octanol–water partition coefficient (Wildman–Crippen LogP) is 1.14. The Balaban J connectivity index is 2.13. The van der Waals surface area contributed by atoms with E-state index in [4.69, 9.17) is 4.74 Å². The molecule has 0 saturated carbocycles. The third-order valence-electron chi connectivity index (χ3n) is 4.44. The summed E-state index contributed by atoms with van der Waals surface area (Å²) < 4.78 is 5.67. The van der Waals surface area contributed by atoms with Gasteiger partial charge in [-0.25, -0.2) is 0 Å². The van der Waals surface area contributed by atoms with Crippen molar-refractivity contribution in [3.63, 3.8) is 0 Å². The lowest BCUT2D eigenvalue weighted by atomic mass is 10.0. The summed E-state index contributed by atoms with van der Waals surface area (Å²) in [7, 11) is 0. The number of hydrogen-bond donors (Lipinski definition) is 4. The Kier molecular flexibility index (Phi) is 10.8. The fourth-order valence-electron chi connectivity index (χ4n) is 2.60. The first-order valence-electron chi connectivity index (χ1n) is 9.57. The molecule has 0 aliphatic carbocycles. The highest BCUT2D eigenvalue weighted by molar-refractivity contribution is 5.75. The van der Waals surface area contributed by atoms with Crippen LogP contribution >= 0.6 is 0 Å². The summed E-state index contributed by atoms with van der Waals surface area (Å²) in [4.78, 5) is 25.7. The van der Waals surface area contributed by atoms with Crippen LogP contribution in [-0.4, -0.2) is 60.2 Å². The average molecular weight is 413 g/mol. The quantitative estimate of drug-likeness (QED) is 0.202. The average Bonchev–Trinajstić information content (AvgIpc) is 2.67. The first-order chi connectivity index (χ1) is 13.7. The number of ether oxygens (including phenoxy) is 1. The summed E-state index contributed by atoms with van der Waals surface area (Å²) in [5.41, 5.74) is 2.31. The van der Waals surface area contributed by atoms with Gasteiger partial charge in [-0.3, -0.25) is 4.79 Å². The number of rotatable bonds is 14. The molecular weight excluding hydrogens is 382 g/mol. The number of hydrogen-bond acceptors (Lipinski definition) is 8. The van der Waals surface area contributed by atoms with Crippen LogP contribution in [0.3, 0.4) is 0 Å². The van der Waals surface area contributed by atoms with Crippen molar-refractivity contribution in [2.24, 2.45) is 0 Å². The van der Waals surface area contributed by atoms with E-state index in [9.17, 15) is 25.1 Å². The number of nitrogens with zero attached hydrogens (tertiary/aromatic N) is 1. The van der Waals surface area contributed by atoms with Crippen LogP contribution in [0.5, 0.6) is 11.5 Å². The van der Waals surface area contributed by atoms with Gasteiger partial charge in [-0.15, -0.1) is 10.1 Å². The van der Waals surface area contributed by atoms with E-state index in [1.807, 2.05) is 13.8 Å². The zero-order valence-electron chi connectivity index (χ0n) is 17.2. The Labute approximate surface area is 170 Å². The molecule has 164 valence electrons. The van der Waals surface area contributed by atoms with Crippen molar-refractivity contribution in [1.82, 2.24) is 10.6 Å². The minimum absolute atomic E-state index is 0.00932. The minimum atomic E-state index is -0.848. The van der Waals surface area contributed by atoms with Crippen LogP contribution in [0.25, 0.3) is 0 Å². The number of aryl methyl sites for hydroxylation is 1. The number of aliphatic hydroxyl groups excluding tert-OH is 1. The highest BCUT2D eigenvalue weighted by atomic mass is 16.9. The summed E-state index contributed by atoms with van der Waals surface area (Å²) in [5, 5.41) is 34.8. The van der Waals surface area contributed by atoms with Crippen LogP contribution in [0.15, 0.2) is 6.07 Å². The molecule has 29 heavy (non-hydrogen) atoms. The molecule has 0 aromatic heterocycles. The lowest BCUT2D eigenvalue weighted by Crippen LogP contribution is -2.37. The maximum absolute atomic E-state index is 11.6. The van der Waals surface area contributed by atoms with E-state index in [1.165, 1.54) is 0 Å². The molecule has 0 spiro atoms. The van der Waals surface area contributed by atoms with Crippen molar-refractivity contribution >= 4 is 5.91 Å². The van der Waals surface area contributed by atoms with Gasteiger partial charge in [-0.2, -0.15) is 0 Å². The van der Waals surface area contributed by atoms with Gasteiger partial charge in [0.2, 0.25) is 5.91 Å². The molecule has 0 saturated heterocycles. The van der Waals surface area contributed by atoms with E-state index < -0.39 is 11.2 Å². The van der Waals surface area contributed by atoms with Crippen molar-refractivity contribution in [2.45, 2.75) is 46.1 Å². The minimum Gasteiger partial charge on any atom is -0.507 e. The number of aliphatic hydroxyl groups is 1. The molecular formula is C19H31N3O7. The van der Waals surface area contributed by atoms with E-state index >= 15 is 0 Å². The molecule has 10 heteroatoms. The molecule has 1 aromatic rings. The standard InChI is InChI=1S/C19H31N3O7/c1-13-10-17(14(2)15(3)19(13)25)28-12-16(23)11-20-7-8-21-18(24)6-4-5-9-29-22(26)27/h10,16,20,23,25H,4-9,11-12H2,1-3H3,(H,21,24). The number of phenolic OH excluding ortho intramolecular Hbond substituents is 1. The Morgan fingerprint density at radius 2 is 1.97 bits per heavy atom. The van der Waals surface area contributed by atoms with Crippen LogP contribution in [-0.2, 0) is 9.63 Å². The Hall–Kier alpha value is -2.59. The fourth-order valence-corrected chi connectivity index (χ4v) is 2.60. The summed E-state index contributed by atoms with van der Waals surface area (Å²) in [6.07, 6.45) is 0.514. The second-order valence-corrected chi connectivity index (χ2v) is 6.82. The van der Waals surface area contributed by atoms with Gasteiger partial charge in [0.25, 0.3) is 5.09 Å². The van der Waals surface area contributed by atoms with Gasteiger partial charge in [0.1, 0.15) is 24.2 Å². The summed E-state index contributed by atoms with van der Waals surface area (Å²) in [6, 6.07) is 1.75. The molecule has 0 heterocycles. The van der Waals surface area contributed by atoms with Gasteiger partial charge in [0.15, 0.2) is 0 Å². The molecule has 1 aromatic carbocycles. The Morgan fingerprint density at radius 1 is 1.24 bits per heavy atom. The van der Waals surface area contributed by atoms with E-state index in [-0.39, 0.29) is 31.3 Å². The predicted molar refractivity (Wildman–Crippen MR) is 106 cm³/mol. The molecule has 1 amide bonds. The molecule has 0 bridgehead atoms. The molecule has 1 atom stereocenters. The lowest BCUT2D eigenvalue weighted by Gasteiger charge is -2.17. The van der Waals surface area contributed by atoms with E-state index in [2.05, 4.69) is 15.5 Å². The first kappa shape index (κ1) is 24.4. The van der Waals surface area contributed by atoms with E-state index in [0.717, 1.165) is 16.7 Å². The number of carbonyl (C=O) groups excluding carboxylic acids is 1. The monoisotopic (exact) mass is 413 g/mol. The largest absolute Gasteiger partial charge is 0.507 e. The zero-order valence-corrected chi connectivity index (χ0v) is 17.2. The number of nitrogens with one attached hydrogen (secondary N) is 2. The maximum atomic E-state index is 11.6. The van der Waals surface area contributed by atoms with Crippen LogP contribution in [0, 0.1) is 30.9 Å². The van der Waals surface area contributed by atoms with E-state index in [0.29, 0.717) is 38.2 Å². The van der Waals surface area contributed by atoms with Gasteiger partial charge in [-0.05, 0) is 56.4 Å². The fraction of sp³-hybridized carbons (Fsp3) is 0.632. The number of benzene rings is 1. The number of phenols is 1. The highest BCUT2D eigenvalue weighted by Crippen LogP contribution is 2.31. The van der Waals surface area contributed by atoms with Crippen molar-refractivity contribution < 1.29 is 29.7 Å². The molecule has 10 nitrogen and oxygen atoms in total. The van der Waals surface area contributed by atoms with Crippen molar-refractivity contribution in [3.8, 4) is 11.5 Å². The number of unbranched alkanes of at least 4 members (excludes halogenated alkanes) is 1. The summed E-state index contributed by atoms with van der Waals surface area (Å²) in [6.45, 7) is 6.77. The number of aromatic hydroxyl groups is 1. The van der Waals surface area contributed by atoms with Gasteiger partial charge in [-0.1, -0.05) is 0 Å². The molecule has 1 rings (SSSR count). The van der Waals surface area contributed by atoms with Gasteiger partial charge in [0, 0.05) is 26.1 Å². The van der Waals surface area contributed by atoms with Crippen molar-refractivity contribution in [1.29, 1.82) is 0 Å². The van der Waals surface area contributed by atoms with Crippen LogP contribution in [0.4, 0.5) is 0 Å². The number of amides is 1. The zero-order chi connectivity index (χ0) is 21.8. The third-order valence-corrected chi connectivity index (χ3v) is 4.44. The van der Waals surface area contributed by atoms with Crippen LogP contribution in [0.1, 0.15) is 36.0 Å². The highest BCUT2D eigenvalue weighted by Gasteiger charge is 2.12. The second-order valence-electron chi connectivity index (χ2n) is 6.82. The molecule has 0 aliphatic heterocycles.